The fourth-order valence-electron chi connectivity index (χ4n) is 4.46. The summed E-state index contributed by atoms with van der Waals surface area (Å²) in [5, 5.41) is 15.1. The molecule has 3 aromatic rings. The summed E-state index contributed by atoms with van der Waals surface area (Å²) in [4.78, 5) is 4.73. The largest absolute Gasteiger partial charge is 0.507 e. The smallest absolute Gasteiger partial charge is 0.226 e. The first-order valence-corrected chi connectivity index (χ1v) is 13.9. The van der Waals surface area contributed by atoms with E-state index < -0.39 is 0 Å². The molecule has 5 nitrogen and oxygen atoms in total. The Labute approximate surface area is 220 Å². The highest BCUT2D eigenvalue weighted by Gasteiger charge is 2.27. The van der Waals surface area contributed by atoms with Crippen molar-refractivity contribution in [2.45, 2.75) is 70.5 Å². The Bertz CT molecular complexity index is 1120. The summed E-state index contributed by atoms with van der Waals surface area (Å²) in [6.45, 7) is 15.4. The van der Waals surface area contributed by atoms with Crippen LogP contribution < -0.4 is 10.1 Å². The number of rotatable bonds is 7. The van der Waals surface area contributed by atoms with Crippen molar-refractivity contribution in [1.29, 1.82) is 0 Å². The fraction of sp³-hybridized carbons (Fsp3) is 0.500. The van der Waals surface area contributed by atoms with E-state index in [1.807, 2.05) is 12.1 Å². The number of phenolic OH excluding ortho intramolecular Hbond substituents is 1. The zero-order valence-electron chi connectivity index (χ0n) is 22.5. The molecule has 1 unspecified atom stereocenters. The van der Waals surface area contributed by atoms with E-state index in [1.54, 1.807) is 6.26 Å². The summed E-state index contributed by atoms with van der Waals surface area (Å²) >= 11 is 2.06. The summed E-state index contributed by atoms with van der Waals surface area (Å²) in [6.07, 6.45) is 3.45. The van der Waals surface area contributed by atoms with Crippen LogP contribution in [0.25, 0.3) is 11.5 Å². The molecule has 194 valence electrons. The highest BCUT2D eigenvalue weighted by Crippen LogP contribution is 2.41. The molecule has 2 N–H and O–H groups in total. The maximum absolute atomic E-state index is 11.0. The lowest BCUT2D eigenvalue weighted by Crippen LogP contribution is -2.33. The van der Waals surface area contributed by atoms with E-state index in [2.05, 4.69) is 82.9 Å². The van der Waals surface area contributed by atoms with Gasteiger partial charge in [0.05, 0.1) is 12.3 Å². The number of thioether (sulfide) groups is 1. The van der Waals surface area contributed by atoms with Gasteiger partial charge in [-0.2, -0.15) is 11.8 Å². The van der Waals surface area contributed by atoms with Crippen molar-refractivity contribution in [2.24, 2.45) is 0 Å². The van der Waals surface area contributed by atoms with Crippen LogP contribution in [0.1, 0.15) is 63.9 Å². The van der Waals surface area contributed by atoms with Gasteiger partial charge in [0.15, 0.2) is 0 Å². The van der Waals surface area contributed by atoms with Crippen LogP contribution in [0.3, 0.4) is 0 Å². The SMILES string of the molecule is CC(C)(C)c1cc(-c2nc(CCOc3ccc(CC4CNCCS4)cc3)co2)cc(C(C)(C)C)c1O. The number of oxazole rings is 1. The van der Waals surface area contributed by atoms with Gasteiger partial charge in [0, 0.05) is 47.2 Å². The van der Waals surface area contributed by atoms with Gasteiger partial charge in [-0.3, -0.25) is 0 Å². The predicted molar refractivity (Wildman–Crippen MR) is 149 cm³/mol. The third-order valence-electron chi connectivity index (χ3n) is 6.54. The van der Waals surface area contributed by atoms with Gasteiger partial charge in [-0.1, -0.05) is 53.7 Å². The number of aromatic hydroxyl groups is 1. The Morgan fingerprint density at radius 1 is 1.06 bits per heavy atom. The molecular weight excluding hydrogens is 468 g/mol. The fourth-order valence-corrected chi connectivity index (χ4v) is 5.61. The lowest BCUT2D eigenvalue weighted by molar-refractivity contribution is 0.320. The molecule has 2 heterocycles. The molecule has 1 aliphatic heterocycles. The Hall–Kier alpha value is -2.44. The number of nitrogens with zero attached hydrogens (tertiary/aromatic N) is 1. The molecular formula is C30H40N2O3S. The van der Waals surface area contributed by atoms with Gasteiger partial charge in [-0.15, -0.1) is 0 Å². The zero-order valence-corrected chi connectivity index (χ0v) is 23.3. The van der Waals surface area contributed by atoms with E-state index in [1.165, 1.54) is 11.3 Å². The van der Waals surface area contributed by atoms with Gasteiger partial charge in [0.2, 0.25) is 5.89 Å². The number of hydrogen-bond donors (Lipinski definition) is 2. The zero-order chi connectivity index (χ0) is 25.9. The molecule has 2 aromatic carbocycles. The Kier molecular flexibility index (Phi) is 8.06. The molecule has 1 atom stereocenters. The Morgan fingerprint density at radius 2 is 1.72 bits per heavy atom. The maximum Gasteiger partial charge on any atom is 0.226 e. The molecule has 1 saturated heterocycles. The average molecular weight is 509 g/mol. The van der Waals surface area contributed by atoms with Crippen LogP contribution in [0.2, 0.25) is 0 Å². The first-order valence-electron chi connectivity index (χ1n) is 12.9. The van der Waals surface area contributed by atoms with Crippen molar-refractivity contribution in [1.82, 2.24) is 10.3 Å². The number of ether oxygens (including phenoxy) is 1. The van der Waals surface area contributed by atoms with E-state index in [9.17, 15) is 5.11 Å². The van der Waals surface area contributed by atoms with Gasteiger partial charge >= 0.3 is 0 Å². The van der Waals surface area contributed by atoms with Crippen LogP contribution in [0.15, 0.2) is 47.1 Å². The monoisotopic (exact) mass is 508 g/mol. The Morgan fingerprint density at radius 3 is 2.31 bits per heavy atom. The molecule has 1 aliphatic rings. The van der Waals surface area contributed by atoms with E-state index in [0.717, 1.165) is 47.6 Å². The number of nitrogens with one attached hydrogen (secondary N) is 1. The molecule has 1 fully saturated rings. The van der Waals surface area contributed by atoms with Crippen LogP contribution in [0.5, 0.6) is 11.5 Å². The van der Waals surface area contributed by atoms with Crippen molar-refractivity contribution < 1.29 is 14.3 Å². The molecule has 6 heteroatoms. The van der Waals surface area contributed by atoms with Crippen molar-refractivity contribution >= 4 is 11.8 Å². The minimum atomic E-state index is -0.203. The molecule has 1 aromatic heterocycles. The van der Waals surface area contributed by atoms with Crippen LogP contribution in [-0.4, -0.2) is 40.8 Å². The predicted octanol–water partition coefficient (Wildman–Crippen LogP) is 6.51. The second kappa shape index (κ2) is 10.9. The molecule has 0 aliphatic carbocycles. The van der Waals surface area contributed by atoms with Gasteiger partial charge in [-0.25, -0.2) is 4.98 Å². The van der Waals surface area contributed by atoms with Crippen molar-refractivity contribution in [3.05, 3.63) is 65.0 Å². The van der Waals surface area contributed by atoms with Gasteiger partial charge in [0.1, 0.15) is 17.8 Å². The summed E-state index contributed by atoms with van der Waals surface area (Å²) in [7, 11) is 0. The van der Waals surface area contributed by atoms with Gasteiger partial charge in [-0.05, 0) is 47.1 Å². The third-order valence-corrected chi connectivity index (χ3v) is 7.79. The first-order chi connectivity index (χ1) is 17.0. The van der Waals surface area contributed by atoms with Crippen molar-refractivity contribution in [3.8, 4) is 23.0 Å². The van der Waals surface area contributed by atoms with E-state index in [0.29, 0.717) is 29.9 Å². The standard InChI is InChI=1S/C30H40N2O3S/c1-29(2,3)25-16-21(17-26(27(25)33)30(4,5)6)28-32-22(19-35-28)11-13-34-23-9-7-20(8-10-23)15-24-18-31-12-14-36-24/h7-10,16-17,19,24,31,33H,11-15,18H2,1-6H3. The second-order valence-electron chi connectivity index (χ2n) is 11.7. The summed E-state index contributed by atoms with van der Waals surface area (Å²) in [6, 6.07) is 12.5. The van der Waals surface area contributed by atoms with Crippen molar-refractivity contribution in [2.75, 3.05) is 25.4 Å². The molecule has 0 spiro atoms. The number of phenols is 1. The maximum atomic E-state index is 11.0. The van der Waals surface area contributed by atoms with Gasteiger partial charge < -0.3 is 19.6 Å². The highest BCUT2D eigenvalue weighted by atomic mass is 32.2. The lowest BCUT2D eigenvalue weighted by Gasteiger charge is -2.27. The number of aromatic nitrogens is 1. The molecule has 0 amide bonds. The number of hydrogen-bond acceptors (Lipinski definition) is 6. The highest BCUT2D eigenvalue weighted by molar-refractivity contribution is 8.00. The van der Waals surface area contributed by atoms with Crippen molar-refractivity contribution in [3.63, 3.8) is 0 Å². The molecule has 4 rings (SSSR count). The minimum absolute atomic E-state index is 0.203. The minimum Gasteiger partial charge on any atom is -0.507 e. The van der Waals surface area contributed by atoms with Crippen LogP contribution in [0, 0.1) is 0 Å². The lowest BCUT2D eigenvalue weighted by atomic mass is 9.78. The molecule has 0 radical (unpaired) electrons. The topological polar surface area (TPSA) is 67.5 Å². The van der Waals surface area contributed by atoms with E-state index in [4.69, 9.17) is 14.1 Å². The summed E-state index contributed by atoms with van der Waals surface area (Å²) in [5.74, 6) is 3.00. The second-order valence-corrected chi connectivity index (χ2v) is 13.1. The first kappa shape index (κ1) is 26.6. The van der Waals surface area contributed by atoms with Crippen LogP contribution >= 0.6 is 11.8 Å². The average Bonchev–Trinajstić information content (AvgIpc) is 3.28. The molecule has 36 heavy (non-hydrogen) atoms. The third kappa shape index (κ3) is 6.65. The van der Waals surface area contributed by atoms with Crippen LogP contribution in [-0.2, 0) is 23.7 Å². The number of benzene rings is 2. The quantitative estimate of drug-likeness (QED) is 0.379. The van der Waals surface area contributed by atoms with E-state index >= 15 is 0 Å². The molecule has 0 bridgehead atoms. The summed E-state index contributed by atoms with van der Waals surface area (Å²) in [5.41, 5.74) is 4.48. The van der Waals surface area contributed by atoms with Crippen LogP contribution in [0.4, 0.5) is 0 Å². The van der Waals surface area contributed by atoms with E-state index in [-0.39, 0.29) is 10.8 Å². The van der Waals surface area contributed by atoms with Gasteiger partial charge in [0.25, 0.3) is 0 Å². The Balaban J connectivity index is 1.39. The molecule has 0 saturated carbocycles. The normalized spacial score (nSPS) is 16.8. The summed E-state index contributed by atoms with van der Waals surface area (Å²) < 4.78 is 11.8.